The molecule has 0 radical (unpaired) electrons. The van der Waals surface area contributed by atoms with Crippen molar-refractivity contribution in [2.24, 2.45) is 0 Å². The SMILES string of the molecule is CCOC(=O)OC(C)OC(=O)C(Cc1cccc(S(C)(=O)=O)c1)NC(=O)c1c(Cl)cc2c(c1Cl)CCN(C(=O)c1ccc3ccoc3c1)C2. The van der Waals surface area contributed by atoms with Gasteiger partial charge in [-0.2, -0.15) is 0 Å². The number of ether oxygens (including phenoxy) is 3. The first-order valence-electron chi connectivity index (χ1n) is 15.1. The molecule has 1 aliphatic heterocycles. The highest BCUT2D eigenvalue weighted by Gasteiger charge is 2.31. The summed E-state index contributed by atoms with van der Waals surface area (Å²) in [7, 11) is -3.58. The standard InChI is InChI=1S/C34H32Cl2N2O10S/c1-4-45-34(42)48-19(2)47-33(41)27(15-20-6-5-7-24(14-20)49(3,43)44)37-31(39)29-26(35)16-23-18-38(12-10-25(23)30(29)36)32(40)22-9-8-21-11-13-46-28(21)17-22/h5-9,11,13-14,16-17,19,27H,4,10,12,15,18H2,1-3H3,(H,37,39). The fourth-order valence-corrected chi connectivity index (χ4v) is 6.88. The summed E-state index contributed by atoms with van der Waals surface area (Å²) in [5, 5.41) is 3.52. The second-order valence-electron chi connectivity index (χ2n) is 11.3. The molecule has 2 amide bonds. The van der Waals surface area contributed by atoms with E-state index < -0.39 is 40.2 Å². The van der Waals surface area contributed by atoms with Gasteiger partial charge in [-0.25, -0.2) is 18.0 Å². The van der Waals surface area contributed by atoms with Crippen LogP contribution in [0.25, 0.3) is 11.0 Å². The molecule has 1 N–H and O–H groups in total. The van der Waals surface area contributed by atoms with E-state index >= 15 is 0 Å². The normalized spacial score (nSPS) is 14.0. The average molecular weight is 732 g/mol. The first-order valence-corrected chi connectivity index (χ1v) is 17.8. The van der Waals surface area contributed by atoms with Gasteiger partial charge in [0.25, 0.3) is 11.8 Å². The van der Waals surface area contributed by atoms with E-state index in [1.807, 2.05) is 6.07 Å². The molecule has 2 unspecified atom stereocenters. The topological polar surface area (TPSA) is 159 Å². The number of furan rings is 1. The van der Waals surface area contributed by atoms with Crippen LogP contribution in [-0.4, -0.2) is 69.0 Å². The first-order chi connectivity index (χ1) is 23.2. The van der Waals surface area contributed by atoms with Crippen LogP contribution in [0.15, 0.2) is 70.2 Å². The number of nitrogens with one attached hydrogen (secondary N) is 1. The van der Waals surface area contributed by atoms with Gasteiger partial charge in [-0.15, -0.1) is 0 Å². The predicted molar refractivity (Wildman–Crippen MR) is 179 cm³/mol. The number of nitrogens with zero attached hydrogens (tertiary/aromatic N) is 1. The molecular weight excluding hydrogens is 699 g/mol. The van der Waals surface area contributed by atoms with E-state index in [4.69, 9.17) is 41.8 Å². The number of rotatable bonds is 10. The Kier molecular flexibility index (Phi) is 10.9. The van der Waals surface area contributed by atoms with Gasteiger partial charge in [0.15, 0.2) is 9.84 Å². The summed E-state index contributed by atoms with van der Waals surface area (Å²) in [5.74, 6) is -1.99. The molecular formula is C34H32Cl2N2O10S. The highest BCUT2D eigenvalue weighted by molar-refractivity contribution is 7.90. The van der Waals surface area contributed by atoms with Crippen molar-refractivity contribution in [3.63, 3.8) is 0 Å². The number of sulfone groups is 1. The van der Waals surface area contributed by atoms with Crippen molar-refractivity contribution in [2.45, 2.75) is 50.5 Å². The smallest absolute Gasteiger partial charge is 0.464 e. The summed E-state index contributed by atoms with van der Waals surface area (Å²) < 4.78 is 44.6. The Morgan fingerprint density at radius 3 is 2.55 bits per heavy atom. The monoisotopic (exact) mass is 730 g/mol. The van der Waals surface area contributed by atoms with Crippen LogP contribution in [0.1, 0.15) is 51.3 Å². The molecule has 0 bridgehead atoms. The number of carbonyl (C=O) groups excluding carboxylic acids is 4. The fourth-order valence-electron chi connectivity index (χ4n) is 5.42. The molecule has 3 aromatic carbocycles. The van der Waals surface area contributed by atoms with E-state index in [0.717, 1.165) is 11.6 Å². The fraction of sp³-hybridized carbons (Fsp3) is 0.294. The van der Waals surface area contributed by atoms with Gasteiger partial charge in [0, 0.05) is 43.6 Å². The Balaban J connectivity index is 1.37. The highest BCUT2D eigenvalue weighted by atomic mass is 35.5. The van der Waals surface area contributed by atoms with Crippen LogP contribution in [0.3, 0.4) is 0 Å². The number of halogens is 2. The van der Waals surface area contributed by atoms with Crippen LogP contribution >= 0.6 is 23.2 Å². The minimum Gasteiger partial charge on any atom is -0.464 e. The van der Waals surface area contributed by atoms with E-state index in [0.29, 0.717) is 40.8 Å². The lowest BCUT2D eigenvalue weighted by Gasteiger charge is -2.30. The van der Waals surface area contributed by atoms with Crippen molar-refractivity contribution in [3.8, 4) is 0 Å². The van der Waals surface area contributed by atoms with Crippen molar-refractivity contribution >= 4 is 67.9 Å². The molecule has 15 heteroatoms. The maximum Gasteiger partial charge on any atom is 0.511 e. The van der Waals surface area contributed by atoms with Gasteiger partial charge >= 0.3 is 12.1 Å². The third-order valence-electron chi connectivity index (χ3n) is 7.78. The van der Waals surface area contributed by atoms with Gasteiger partial charge in [0.05, 0.1) is 33.4 Å². The van der Waals surface area contributed by atoms with Gasteiger partial charge in [0.1, 0.15) is 11.6 Å². The van der Waals surface area contributed by atoms with Crippen molar-refractivity contribution < 1.29 is 46.2 Å². The number of hydrogen-bond acceptors (Lipinski definition) is 10. The summed E-state index contributed by atoms with van der Waals surface area (Å²) in [6.45, 7) is 3.40. The Labute approximate surface area is 292 Å². The molecule has 0 saturated carbocycles. The number of esters is 1. The van der Waals surface area contributed by atoms with Crippen LogP contribution in [0, 0.1) is 0 Å². The Morgan fingerprint density at radius 2 is 1.82 bits per heavy atom. The van der Waals surface area contributed by atoms with Gasteiger partial charge in [-0.05, 0) is 66.4 Å². The molecule has 12 nitrogen and oxygen atoms in total. The Morgan fingerprint density at radius 1 is 1.04 bits per heavy atom. The van der Waals surface area contributed by atoms with Gasteiger partial charge in [0.2, 0.25) is 6.29 Å². The number of benzene rings is 3. The van der Waals surface area contributed by atoms with E-state index in [1.165, 1.54) is 25.1 Å². The molecule has 4 aromatic rings. The molecule has 0 spiro atoms. The number of carbonyl (C=O) groups is 4. The minimum absolute atomic E-state index is 0.0114. The van der Waals surface area contributed by atoms with Gasteiger partial charge in [-0.3, -0.25) is 9.59 Å². The lowest BCUT2D eigenvalue weighted by atomic mass is 9.95. The summed E-state index contributed by atoms with van der Waals surface area (Å²) in [4.78, 5) is 53.8. The van der Waals surface area contributed by atoms with Crippen molar-refractivity contribution in [2.75, 3.05) is 19.4 Å². The Bertz CT molecular complexity index is 2050. The van der Waals surface area contributed by atoms with Crippen LogP contribution in [-0.2, 0) is 48.2 Å². The molecule has 0 saturated heterocycles. The van der Waals surface area contributed by atoms with Crippen LogP contribution < -0.4 is 5.32 Å². The first kappa shape index (κ1) is 35.7. The molecule has 0 aliphatic carbocycles. The average Bonchev–Trinajstić information content (AvgIpc) is 3.52. The predicted octanol–water partition coefficient (Wildman–Crippen LogP) is 5.75. The largest absolute Gasteiger partial charge is 0.511 e. The Hall–Kier alpha value is -4.59. The second-order valence-corrected chi connectivity index (χ2v) is 14.1. The van der Waals surface area contributed by atoms with Crippen LogP contribution in [0.2, 0.25) is 10.0 Å². The maximum absolute atomic E-state index is 13.7. The molecule has 49 heavy (non-hydrogen) atoms. The summed E-state index contributed by atoms with van der Waals surface area (Å²) in [6, 6.07) is 13.1. The van der Waals surface area contributed by atoms with Crippen molar-refractivity contribution in [3.05, 3.63) is 98.7 Å². The van der Waals surface area contributed by atoms with E-state index in [-0.39, 0.29) is 46.0 Å². The number of amides is 2. The third-order valence-corrected chi connectivity index (χ3v) is 9.61. The lowest BCUT2D eigenvalue weighted by Crippen LogP contribution is -2.45. The van der Waals surface area contributed by atoms with Gasteiger partial charge in [-0.1, -0.05) is 41.4 Å². The van der Waals surface area contributed by atoms with E-state index in [1.54, 1.807) is 48.4 Å². The molecule has 1 aliphatic rings. The van der Waals surface area contributed by atoms with Crippen LogP contribution in [0.4, 0.5) is 4.79 Å². The highest BCUT2D eigenvalue weighted by Crippen LogP contribution is 2.35. The zero-order valence-corrected chi connectivity index (χ0v) is 29.0. The molecule has 0 fully saturated rings. The van der Waals surface area contributed by atoms with E-state index in [2.05, 4.69) is 5.32 Å². The zero-order valence-electron chi connectivity index (χ0n) is 26.7. The maximum atomic E-state index is 13.7. The third kappa shape index (κ3) is 8.35. The van der Waals surface area contributed by atoms with Crippen LogP contribution in [0.5, 0.6) is 0 Å². The van der Waals surface area contributed by atoms with E-state index in [9.17, 15) is 27.6 Å². The summed E-state index contributed by atoms with van der Waals surface area (Å²) >= 11 is 13.4. The summed E-state index contributed by atoms with van der Waals surface area (Å²) in [5.41, 5.74) is 2.63. The number of hydrogen-bond donors (Lipinski definition) is 1. The molecule has 2 atom stereocenters. The lowest BCUT2D eigenvalue weighted by molar-refractivity contribution is -0.170. The molecule has 5 rings (SSSR count). The molecule has 2 heterocycles. The second kappa shape index (κ2) is 14.9. The van der Waals surface area contributed by atoms with Gasteiger partial charge < -0.3 is 28.8 Å². The zero-order chi connectivity index (χ0) is 35.5. The minimum atomic E-state index is -3.58. The molecule has 258 valence electrons. The molecule has 1 aromatic heterocycles. The summed E-state index contributed by atoms with van der Waals surface area (Å²) in [6.07, 6.45) is 0.291. The van der Waals surface area contributed by atoms with Crippen molar-refractivity contribution in [1.82, 2.24) is 10.2 Å². The number of fused-ring (bicyclic) bond motifs is 2. The quantitative estimate of drug-likeness (QED) is 0.157. The van der Waals surface area contributed by atoms with Crippen molar-refractivity contribution in [1.29, 1.82) is 0 Å².